The van der Waals surface area contributed by atoms with Crippen LogP contribution in [0, 0.1) is 5.92 Å². The van der Waals surface area contributed by atoms with E-state index in [4.69, 9.17) is 14.2 Å². The fourth-order valence-corrected chi connectivity index (χ4v) is 3.11. The molecule has 2 rings (SSSR count). The number of nitrogens with zero attached hydrogens (tertiary/aromatic N) is 2. The zero-order chi connectivity index (χ0) is 18.8. The lowest BCUT2D eigenvalue weighted by Crippen LogP contribution is -2.41. The van der Waals surface area contributed by atoms with Crippen LogP contribution in [-0.2, 0) is 4.74 Å². The second-order valence-electron chi connectivity index (χ2n) is 6.43. The lowest BCUT2D eigenvalue weighted by molar-refractivity contribution is 0.121. The third-order valence-corrected chi connectivity index (χ3v) is 4.75. The highest BCUT2D eigenvalue weighted by atomic mass is 16.5. The van der Waals surface area contributed by atoms with Gasteiger partial charge < -0.3 is 29.7 Å². The second-order valence-corrected chi connectivity index (χ2v) is 6.43. The van der Waals surface area contributed by atoms with Crippen molar-refractivity contribution in [3.8, 4) is 11.5 Å². The summed E-state index contributed by atoms with van der Waals surface area (Å²) in [7, 11) is 6.80. The summed E-state index contributed by atoms with van der Waals surface area (Å²) < 4.78 is 15.8. The van der Waals surface area contributed by atoms with Crippen molar-refractivity contribution in [2.45, 2.75) is 12.8 Å². The molecule has 0 aliphatic carbocycles. The Bertz CT molecular complexity index is 572. The van der Waals surface area contributed by atoms with Crippen LogP contribution in [0.1, 0.15) is 12.8 Å². The van der Waals surface area contributed by atoms with Gasteiger partial charge in [0.15, 0.2) is 17.5 Å². The topological polar surface area (TPSA) is 67.4 Å². The Morgan fingerprint density at radius 2 is 1.88 bits per heavy atom. The van der Waals surface area contributed by atoms with Crippen molar-refractivity contribution in [2.75, 3.05) is 66.5 Å². The molecule has 0 radical (unpaired) electrons. The van der Waals surface area contributed by atoms with Gasteiger partial charge in [0.05, 0.1) is 20.8 Å². The van der Waals surface area contributed by atoms with Crippen molar-refractivity contribution in [2.24, 2.45) is 10.9 Å². The molecule has 0 saturated carbocycles. The first kappa shape index (κ1) is 20.3. The van der Waals surface area contributed by atoms with E-state index in [2.05, 4.69) is 20.5 Å². The van der Waals surface area contributed by atoms with Crippen LogP contribution in [-0.4, -0.2) is 72.0 Å². The van der Waals surface area contributed by atoms with Crippen LogP contribution in [0.2, 0.25) is 0 Å². The van der Waals surface area contributed by atoms with E-state index in [-0.39, 0.29) is 0 Å². The van der Waals surface area contributed by atoms with E-state index < -0.39 is 0 Å². The molecule has 0 atom stereocenters. The molecule has 1 saturated heterocycles. The summed E-state index contributed by atoms with van der Waals surface area (Å²) >= 11 is 0. The van der Waals surface area contributed by atoms with Crippen molar-refractivity contribution < 1.29 is 14.2 Å². The predicted octanol–water partition coefficient (Wildman–Crippen LogP) is 2.05. The van der Waals surface area contributed by atoms with Crippen molar-refractivity contribution in [1.82, 2.24) is 10.2 Å². The smallest absolute Gasteiger partial charge is 0.195 e. The predicted molar refractivity (Wildman–Crippen MR) is 106 cm³/mol. The average molecular weight is 364 g/mol. The molecule has 1 aliphatic heterocycles. The largest absolute Gasteiger partial charge is 0.493 e. The average Bonchev–Trinajstić information content (AvgIpc) is 2.70. The molecule has 1 aromatic carbocycles. The van der Waals surface area contributed by atoms with Crippen LogP contribution in [0.25, 0.3) is 0 Å². The van der Waals surface area contributed by atoms with Crippen LogP contribution in [0.3, 0.4) is 0 Å². The van der Waals surface area contributed by atoms with Crippen LogP contribution < -0.4 is 20.1 Å². The van der Waals surface area contributed by atoms with Crippen molar-refractivity contribution in [3.63, 3.8) is 0 Å². The number of ether oxygens (including phenoxy) is 3. The number of anilines is 1. The highest BCUT2D eigenvalue weighted by Gasteiger charge is 2.19. The molecule has 0 amide bonds. The van der Waals surface area contributed by atoms with Gasteiger partial charge in [-0.05, 0) is 44.0 Å². The van der Waals surface area contributed by atoms with Crippen LogP contribution in [0.4, 0.5) is 5.69 Å². The maximum absolute atomic E-state index is 5.35. The number of likely N-dealkylation sites (tertiary alicyclic amines) is 1. The van der Waals surface area contributed by atoms with Crippen LogP contribution in [0.15, 0.2) is 23.2 Å². The van der Waals surface area contributed by atoms with E-state index in [1.165, 1.54) is 12.8 Å². The molecule has 7 heteroatoms. The van der Waals surface area contributed by atoms with Gasteiger partial charge >= 0.3 is 0 Å². The Morgan fingerprint density at radius 3 is 2.50 bits per heavy atom. The van der Waals surface area contributed by atoms with E-state index in [0.29, 0.717) is 17.4 Å². The van der Waals surface area contributed by atoms with Gasteiger partial charge in [0.1, 0.15) is 0 Å². The van der Waals surface area contributed by atoms with Crippen LogP contribution >= 0.6 is 0 Å². The fourth-order valence-electron chi connectivity index (χ4n) is 3.11. The van der Waals surface area contributed by atoms with E-state index in [0.717, 1.165) is 44.4 Å². The summed E-state index contributed by atoms with van der Waals surface area (Å²) in [4.78, 5) is 6.79. The number of benzene rings is 1. The van der Waals surface area contributed by atoms with Gasteiger partial charge in [0.2, 0.25) is 0 Å². The molecule has 1 aliphatic rings. The summed E-state index contributed by atoms with van der Waals surface area (Å²) in [6, 6.07) is 5.73. The standard InChI is InChI=1S/C19H32N4O3/c1-20-19(22-16-5-6-17(25-3)18(13-16)26-4)21-14-15-7-9-23(10-8-15)11-12-24-2/h5-6,13,15H,7-12,14H2,1-4H3,(H2,20,21,22). The molecule has 0 unspecified atom stereocenters. The minimum Gasteiger partial charge on any atom is -0.493 e. The summed E-state index contributed by atoms with van der Waals surface area (Å²) in [6.07, 6.45) is 2.40. The zero-order valence-electron chi connectivity index (χ0n) is 16.4. The summed E-state index contributed by atoms with van der Waals surface area (Å²) in [5.74, 6) is 2.83. The number of hydrogen-bond donors (Lipinski definition) is 2. The van der Waals surface area contributed by atoms with Crippen LogP contribution in [0.5, 0.6) is 11.5 Å². The zero-order valence-corrected chi connectivity index (χ0v) is 16.4. The Morgan fingerprint density at radius 1 is 1.15 bits per heavy atom. The number of hydrogen-bond acceptors (Lipinski definition) is 5. The Labute approximate surface area is 156 Å². The SMILES string of the molecule is CN=C(NCC1CCN(CCOC)CC1)Nc1ccc(OC)c(OC)c1. The highest BCUT2D eigenvalue weighted by Crippen LogP contribution is 2.29. The van der Waals surface area contributed by atoms with E-state index in [1.807, 2.05) is 18.2 Å². The van der Waals surface area contributed by atoms with Crippen molar-refractivity contribution in [3.05, 3.63) is 18.2 Å². The first-order valence-corrected chi connectivity index (χ1v) is 9.11. The lowest BCUT2D eigenvalue weighted by atomic mass is 9.97. The number of nitrogens with one attached hydrogen (secondary N) is 2. The van der Waals surface area contributed by atoms with Gasteiger partial charge in [0.25, 0.3) is 0 Å². The monoisotopic (exact) mass is 364 g/mol. The Balaban J connectivity index is 1.80. The molecular formula is C19H32N4O3. The van der Waals surface area contributed by atoms with Gasteiger partial charge in [-0.2, -0.15) is 0 Å². The molecule has 0 spiro atoms. The molecule has 26 heavy (non-hydrogen) atoms. The third-order valence-electron chi connectivity index (χ3n) is 4.75. The van der Waals surface area contributed by atoms with Gasteiger partial charge in [-0.1, -0.05) is 0 Å². The highest BCUT2D eigenvalue weighted by molar-refractivity contribution is 5.93. The number of piperidine rings is 1. The summed E-state index contributed by atoms with van der Waals surface area (Å²) in [6.45, 7) is 5.03. The van der Waals surface area contributed by atoms with Gasteiger partial charge in [-0.15, -0.1) is 0 Å². The summed E-state index contributed by atoms with van der Waals surface area (Å²) in [5, 5.41) is 6.74. The van der Waals surface area contributed by atoms with Gasteiger partial charge in [-0.25, -0.2) is 0 Å². The molecule has 1 fully saturated rings. The van der Waals surface area contributed by atoms with E-state index in [9.17, 15) is 0 Å². The number of methoxy groups -OCH3 is 3. The third kappa shape index (κ3) is 6.07. The number of guanidine groups is 1. The molecular weight excluding hydrogens is 332 g/mol. The number of rotatable bonds is 8. The minimum absolute atomic E-state index is 0.665. The maximum atomic E-state index is 5.35. The normalized spacial score (nSPS) is 16.4. The first-order chi connectivity index (χ1) is 12.7. The molecule has 1 heterocycles. The van der Waals surface area contributed by atoms with Crippen molar-refractivity contribution >= 4 is 11.6 Å². The quantitative estimate of drug-likeness (QED) is 0.544. The lowest BCUT2D eigenvalue weighted by Gasteiger charge is -2.32. The van der Waals surface area contributed by atoms with Gasteiger partial charge in [-0.3, -0.25) is 4.99 Å². The molecule has 146 valence electrons. The minimum atomic E-state index is 0.665. The van der Waals surface area contributed by atoms with Crippen molar-refractivity contribution in [1.29, 1.82) is 0 Å². The summed E-state index contributed by atoms with van der Waals surface area (Å²) in [5.41, 5.74) is 0.908. The molecule has 0 bridgehead atoms. The first-order valence-electron chi connectivity index (χ1n) is 9.11. The molecule has 0 aromatic heterocycles. The maximum Gasteiger partial charge on any atom is 0.195 e. The Hall–Kier alpha value is -1.99. The molecule has 1 aromatic rings. The second kappa shape index (κ2) is 10.9. The molecule has 7 nitrogen and oxygen atoms in total. The fraction of sp³-hybridized carbons (Fsp3) is 0.632. The molecule has 2 N–H and O–H groups in total. The Kier molecular flexibility index (Phi) is 8.50. The van der Waals surface area contributed by atoms with E-state index >= 15 is 0 Å². The van der Waals surface area contributed by atoms with E-state index in [1.54, 1.807) is 28.4 Å². The number of aliphatic imine (C=N–C) groups is 1. The van der Waals surface area contributed by atoms with Gasteiger partial charge in [0, 0.05) is 39.0 Å².